The molecule has 0 aromatic heterocycles. The summed E-state index contributed by atoms with van der Waals surface area (Å²) in [7, 11) is 0. The van der Waals surface area contributed by atoms with Crippen molar-refractivity contribution in [2.24, 2.45) is 4.99 Å². The maximum atomic E-state index is 5.51. The molecule has 0 aliphatic carbocycles. The number of hydrogen-bond acceptors (Lipinski definition) is 2. The fourth-order valence-electron chi connectivity index (χ4n) is 1.30. The second kappa shape index (κ2) is 3.50. The minimum Gasteiger partial charge on any atom is -0.366 e. The first-order valence-corrected chi connectivity index (χ1v) is 4.11. The van der Waals surface area contributed by atoms with Gasteiger partial charge in [0.05, 0.1) is 13.2 Å². The van der Waals surface area contributed by atoms with E-state index in [0.29, 0.717) is 6.61 Å². The van der Waals surface area contributed by atoms with Gasteiger partial charge in [-0.25, -0.2) is 0 Å². The van der Waals surface area contributed by atoms with Gasteiger partial charge in [-0.05, 0) is 5.56 Å². The van der Waals surface area contributed by atoms with Gasteiger partial charge in [0.2, 0.25) is 0 Å². The minimum atomic E-state index is 0.163. The smallest absolute Gasteiger partial charge is 0.102 e. The summed E-state index contributed by atoms with van der Waals surface area (Å²) < 4.78 is 5.51. The van der Waals surface area contributed by atoms with E-state index in [2.05, 4.69) is 17.1 Å². The Kier molecular flexibility index (Phi) is 2.19. The summed E-state index contributed by atoms with van der Waals surface area (Å²) in [5, 5.41) is 0. The van der Waals surface area contributed by atoms with E-state index in [4.69, 9.17) is 4.74 Å². The maximum absolute atomic E-state index is 5.51. The largest absolute Gasteiger partial charge is 0.366 e. The molecular formula is C10H11NO. The quantitative estimate of drug-likeness (QED) is 0.615. The standard InChI is InChI=1S/C10H11NO/c1-2-4-9(5-3-1)10-8-11-6-7-12-10/h1-6,10H,7-8H2. The average Bonchev–Trinajstić information content (AvgIpc) is 2.21. The molecule has 2 rings (SSSR count). The van der Waals surface area contributed by atoms with Gasteiger partial charge in [0, 0.05) is 6.21 Å². The average molecular weight is 161 g/mol. The summed E-state index contributed by atoms with van der Waals surface area (Å²) in [6.45, 7) is 1.39. The van der Waals surface area contributed by atoms with Crippen LogP contribution in [0.4, 0.5) is 0 Å². The van der Waals surface area contributed by atoms with Gasteiger partial charge in [0.25, 0.3) is 0 Å². The van der Waals surface area contributed by atoms with Crippen molar-refractivity contribution in [3.05, 3.63) is 35.9 Å². The Bertz CT molecular complexity index is 268. The predicted octanol–water partition coefficient (Wildman–Crippen LogP) is 1.83. The lowest BCUT2D eigenvalue weighted by molar-refractivity contribution is 0.0824. The van der Waals surface area contributed by atoms with E-state index in [1.165, 1.54) is 5.56 Å². The van der Waals surface area contributed by atoms with E-state index in [9.17, 15) is 0 Å². The lowest BCUT2D eigenvalue weighted by Gasteiger charge is -2.18. The second-order valence-corrected chi connectivity index (χ2v) is 2.78. The first kappa shape index (κ1) is 7.50. The number of aliphatic imine (C=N–C) groups is 1. The second-order valence-electron chi connectivity index (χ2n) is 2.78. The van der Waals surface area contributed by atoms with Gasteiger partial charge in [0.15, 0.2) is 0 Å². The van der Waals surface area contributed by atoms with Crippen LogP contribution in [0, 0.1) is 0 Å². The molecule has 0 fully saturated rings. The fraction of sp³-hybridized carbons (Fsp3) is 0.300. The van der Waals surface area contributed by atoms with Crippen LogP contribution in [0.5, 0.6) is 0 Å². The van der Waals surface area contributed by atoms with Gasteiger partial charge in [-0.2, -0.15) is 0 Å². The molecule has 0 saturated heterocycles. The van der Waals surface area contributed by atoms with Gasteiger partial charge in [-0.1, -0.05) is 30.3 Å². The molecule has 1 heterocycles. The van der Waals surface area contributed by atoms with Gasteiger partial charge < -0.3 is 4.74 Å². The van der Waals surface area contributed by atoms with Crippen molar-refractivity contribution in [3.63, 3.8) is 0 Å². The highest BCUT2D eigenvalue weighted by Gasteiger charge is 2.12. The summed E-state index contributed by atoms with van der Waals surface area (Å²) in [4.78, 5) is 4.18. The number of ether oxygens (including phenoxy) is 1. The Balaban J connectivity index is 2.15. The number of rotatable bonds is 1. The van der Waals surface area contributed by atoms with Crippen LogP contribution in [0.15, 0.2) is 35.3 Å². The van der Waals surface area contributed by atoms with Crippen molar-refractivity contribution in [2.45, 2.75) is 6.10 Å². The normalized spacial score (nSPS) is 22.5. The Morgan fingerprint density at radius 2 is 2.08 bits per heavy atom. The van der Waals surface area contributed by atoms with E-state index in [-0.39, 0.29) is 6.10 Å². The fourth-order valence-corrected chi connectivity index (χ4v) is 1.30. The van der Waals surface area contributed by atoms with Gasteiger partial charge in [-0.15, -0.1) is 0 Å². The molecule has 0 saturated carbocycles. The highest BCUT2D eigenvalue weighted by molar-refractivity contribution is 5.59. The zero-order valence-electron chi connectivity index (χ0n) is 6.81. The summed E-state index contributed by atoms with van der Waals surface area (Å²) in [5.41, 5.74) is 1.22. The zero-order chi connectivity index (χ0) is 8.23. The van der Waals surface area contributed by atoms with Crippen molar-refractivity contribution >= 4 is 6.21 Å². The molecule has 0 spiro atoms. The van der Waals surface area contributed by atoms with Crippen molar-refractivity contribution < 1.29 is 4.74 Å². The molecule has 1 aromatic carbocycles. The molecule has 0 amide bonds. The van der Waals surface area contributed by atoms with Crippen LogP contribution in [-0.4, -0.2) is 19.4 Å². The summed E-state index contributed by atoms with van der Waals surface area (Å²) in [6, 6.07) is 10.2. The SMILES string of the molecule is C1=NCC(c2ccccc2)OC1. The van der Waals surface area contributed by atoms with Gasteiger partial charge in [0.1, 0.15) is 6.10 Å². The number of nitrogens with zero attached hydrogens (tertiary/aromatic N) is 1. The maximum Gasteiger partial charge on any atom is 0.102 e. The molecule has 62 valence electrons. The number of hydrogen-bond donors (Lipinski definition) is 0. The van der Waals surface area contributed by atoms with Crippen molar-refractivity contribution in [2.75, 3.05) is 13.2 Å². The zero-order valence-corrected chi connectivity index (χ0v) is 6.81. The summed E-state index contributed by atoms with van der Waals surface area (Å²) in [6.07, 6.45) is 1.98. The molecule has 1 aliphatic rings. The highest BCUT2D eigenvalue weighted by atomic mass is 16.5. The molecule has 0 bridgehead atoms. The third-order valence-corrected chi connectivity index (χ3v) is 1.94. The first-order chi connectivity index (χ1) is 5.97. The lowest BCUT2D eigenvalue weighted by atomic mass is 10.1. The van der Waals surface area contributed by atoms with Gasteiger partial charge in [-0.3, -0.25) is 4.99 Å². The van der Waals surface area contributed by atoms with E-state index in [1.54, 1.807) is 0 Å². The molecule has 1 aromatic rings. The van der Waals surface area contributed by atoms with E-state index in [0.717, 1.165) is 6.54 Å². The van der Waals surface area contributed by atoms with Crippen LogP contribution in [0.3, 0.4) is 0 Å². The molecule has 1 atom stereocenters. The monoisotopic (exact) mass is 161 g/mol. The Morgan fingerprint density at radius 1 is 1.25 bits per heavy atom. The molecule has 2 nitrogen and oxygen atoms in total. The first-order valence-electron chi connectivity index (χ1n) is 4.11. The molecule has 12 heavy (non-hydrogen) atoms. The number of benzene rings is 1. The molecule has 0 radical (unpaired) electrons. The van der Waals surface area contributed by atoms with Crippen LogP contribution in [0.2, 0.25) is 0 Å². The highest BCUT2D eigenvalue weighted by Crippen LogP contribution is 2.18. The summed E-state index contributed by atoms with van der Waals surface area (Å²) >= 11 is 0. The van der Waals surface area contributed by atoms with Crippen LogP contribution < -0.4 is 0 Å². The van der Waals surface area contributed by atoms with Crippen molar-refractivity contribution in [1.29, 1.82) is 0 Å². The molecule has 1 aliphatic heterocycles. The Morgan fingerprint density at radius 3 is 2.75 bits per heavy atom. The molecule has 1 unspecified atom stereocenters. The lowest BCUT2D eigenvalue weighted by Crippen LogP contribution is -2.14. The van der Waals surface area contributed by atoms with Crippen molar-refractivity contribution in [3.8, 4) is 0 Å². The predicted molar refractivity (Wildman–Crippen MR) is 48.5 cm³/mol. The van der Waals surface area contributed by atoms with Crippen molar-refractivity contribution in [1.82, 2.24) is 0 Å². The Hall–Kier alpha value is -1.15. The minimum absolute atomic E-state index is 0.163. The van der Waals surface area contributed by atoms with Crippen LogP contribution in [0.25, 0.3) is 0 Å². The van der Waals surface area contributed by atoms with Crippen LogP contribution in [0.1, 0.15) is 11.7 Å². The van der Waals surface area contributed by atoms with Gasteiger partial charge >= 0.3 is 0 Å². The molecule has 2 heteroatoms. The van der Waals surface area contributed by atoms with Crippen LogP contribution in [-0.2, 0) is 4.74 Å². The topological polar surface area (TPSA) is 21.6 Å². The van der Waals surface area contributed by atoms with Crippen LogP contribution >= 0.6 is 0 Å². The molecule has 0 N–H and O–H groups in total. The van der Waals surface area contributed by atoms with E-state index in [1.807, 2.05) is 24.4 Å². The third-order valence-electron chi connectivity index (χ3n) is 1.94. The van der Waals surface area contributed by atoms with E-state index < -0.39 is 0 Å². The van der Waals surface area contributed by atoms with E-state index >= 15 is 0 Å². The third kappa shape index (κ3) is 1.53. The molecular weight excluding hydrogens is 150 g/mol. The summed E-state index contributed by atoms with van der Waals surface area (Å²) in [5.74, 6) is 0. The Labute approximate surface area is 71.9 Å².